The van der Waals surface area contributed by atoms with Gasteiger partial charge >= 0.3 is 5.97 Å². The van der Waals surface area contributed by atoms with Gasteiger partial charge in [0, 0.05) is 0 Å². The molecule has 0 rings (SSSR count). The highest BCUT2D eigenvalue weighted by atomic mass is 16.5. The summed E-state index contributed by atoms with van der Waals surface area (Å²) in [6, 6.07) is 0. The molecule has 0 bridgehead atoms. The molecule has 0 aromatic heterocycles. The van der Waals surface area contributed by atoms with Crippen LogP contribution in [0.4, 0.5) is 0 Å². The maximum atomic E-state index is 10.4. The van der Waals surface area contributed by atoms with Crippen LogP contribution in [-0.2, 0) is 9.53 Å². The summed E-state index contributed by atoms with van der Waals surface area (Å²) in [7, 11) is 1.22. The molecular weight excluding hydrogens is 120 g/mol. The van der Waals surface area contributed by atoms with Crippen molar-refractivity contribution >= 4 is 5.97 Å². The van der Waals surface area contributed by atoms with E-state index < -0.39 is 12.1 Å². The quantitative estimate of drug-likeness (QED) is 0.426. The second-order valence-electron chi connectivity index (χ2n) is 1.77. The van der Waals surface area contributed by atoms with Gasteiger partial charge in [-0.1, -0.05) is 6.58 Å². The highest BCUT2D eigenvalue weighted by Gasteiger charge is 2.14. The Bertz CT molecular complexity index is 128. The van der Waals surface area contributed by atoms with Crippen LogP contribution < -0.4 is 0 Å². The summed E-state index contributed by atoms with van der Waals surface area (Å²) >= 11 is 0. The Morgan fingerprint density at radius 2 is 2.22 bits per heavy atom. The van der Waals surface area contributed by atoms with Gasteiger partial charge in [-0.15, -0.1) is 0 Å². The molecule has 0 amide bonds. The monoisotopic (exact) mass is 130 g/mol. The van der Waals surface area contributed by atoms with Crippen molar-refractivity contribution in [1.29, 1.82) is 0 Å². The van der Waals surface area contributed by atoms with E-state index >= 15 is 0 Å². The molecular formula is C6H10O3. The molecule has 0 radical (unpaired) electrons. The molecule has 0 aromatic carbocycles. The van der Waals surface area contributed by atoms with Crippen LogP contribution in [0.5, 0.6) is 0 Å². The summed E-state index contributed by atoms with van der Waals surface area (Å²) in [6.45, 7) is 4.93. The van der Waals surface area contributed by atoms with Crippen LogP contribution in [0.2, 0.25) is 0 Å². The molecule has 0 aliphatic heterocycles. The number of hydrogen-bond acceptors (Lipinski definition) is 3. The van der Waals surface area contributed by atoms with Gasteiger partial charge < -0.3 is 9.84 Å². The average Bonchev–Trinajstić information content (AvgIpc) is 1.84. The van der Waals surface area contributed by atoms with Crippen LogP contribution in [0.3, 0.4) is 0 Å². The molecule has 0 spiro atoms. The standard InChI is InChI=1S/C6H10O3/c1-4(2)5(7)6(8)9-3/h5,7H,1H2,2-3H3. The fourth-order valence-corrected chi connectivity index (χ4v) is 0.313. The minimum atomic E-state index is -1.17. The number of carbonyl (C=O) groups excluding carboxylic acids is 1. The number of ether oxygens (including phenoxy) is 1. The van der Waals surface area contributed by atoms with Gasteiger partial charge in [0.05, 0.1) is 7.11 Å². The van der Waals surface area contributed by atoms with Gasteiger partial charge in [0.25, 0.3) is 0 Å². The molecule has 9 heavy (non-hydrogen) atoms. The van der Waals surface area contributed by atoms with E-state index in [1.54, 1.807) is 6.92 Å². The molecule has 1 unspecified atom stereocenters. The highest BCUT2D eigenvalue weighted by molar-refractivity contribution is 5.77. The molecule has 0 saturated heterocycles. The molecule has 1 N–H and O–H groups in total. The Morgan fingerprint density at radius 3 is 2.33 bits per heavy atom. The summed E-state index contributed by atoms with van der Waals surface area (Å²) in [4.78, 5) is 10.4. The van der Waals surface area contributed by atoms with Crippen LogP contribution in [0.15, 0.2) is 12.2 Å². The van der Waals surface area contributed by atoms with Crippen molar-refractivity contribution < 1.29 is 14.6 Å². The van der Waals surface area contributed by atoms with E-state index in [4.69, 9.17) is 5.11 Å². The lowest BCUT2D eigenvalue weighted by Crippen LogP contribution is -2.22. The molecule has 3 nitrogen and oxygen atoms in total. The fraction of sp³-hybridized carbons (Fsp3) is 0.500. The van der Waals surface area contributed by atoms with Crippen LogP contribution in [-0.4, -0.2) is 24.3 Å². The minimum Gasteiger partial charge on any atom is -0.467 e. The Labute approximate surface area is 53.9 Å². The normalized spacial score (nSPS) is 12.3. The van der Waals surface area contributed by atoms with Crippen molar-refractivity contribution in [1.82, 2.24) is 0 Å². The van der Waals surface area contributed by atoms with Crippen molar-refractivity contribution in [2.24, 2.45) is 0 Å². The van der Waals surface area contributed by atoms with Crippen LogP contribution >= 0.6 is 0 Å². The summed E-state index contributed by atoms with van der Waals surface area (Å²) in [5, 5.41) is 8.82. The summed E-state index contributed by atoms with van der Waals surface area (Å²) in [5.74, 6) is -0.664. The Balaban J connectivity index is 3.88. The summed E-state index contributed by atoms with van der Waals surface area (Å²) in [6.07, 6.45) is -1.17. The first-order valence-corrected chi connectivity index (χ1v) is 2.51. The second-order valence-corrected chi connectivity index (χ2v) is 1.77. The first-order valence-electron chi connectivity index (χ1n) is 2.51. The fourth-order valence-electron chi connectivity index (χ4n) is 0.313. The maximum absolute atomic E-state index is 10.4. The van der Waals surface area contributed by atoms with Gasteiger partial charge in [-0.2, -0.15) is 0 Å². The van der Waals surface area contributed by atoms with Crippen molar-refractivity contribution in [3.05, 3.63) is 12.2 Å². The van der Waals surface area contributed by atoms with Gasteiger partial charge in [0.15, 0.2) is 6.10 Å². The SMILES string of the molecule is C=C(C)C(O)C(=O)OC. The van der Waals surface area contributed by atoms with E-state index in [1.165, 1.54) is 7.11 Å². The Morgan fingerprint density at radius 1 is 1.78 bits per heavy atom. The molecule has 0 fully saturated rings. The van der Waals surface area contributed by atoms with Crippen molar-refractivity contribution in [2.45, 2.75) is 13.0 Å². The lowest BCUT2D eigenvalue weighted by atomic mass is 10.2. The van der Waals surface area contributed by atoms with E-state index in [2.05, 4.69) is 11.3 Å². The van der Waals surface area contributed by atoms with Crippen molar-refractivity contribution in [3.8, 4) is 0 Å². The average molecular weight is 130 g/mol. The molecule has 0 heterocycles. The number of aliphatic hydroxyl groups is 1. The first kappa shape index (κ1) is 8.17. The number of hydrogen-bond donors (Lipinski definition) is 1. The Hall–Kier alpha value is -0.830. The summed E-state index contributed by atoms with van der Waals surface area (Å²) < 4.78 is 4.22. The molecule has 1 atom stereocenters. The topological polar surface area (TPSA) is 46.5 Å². The predicted octanol–water partition coefficient (Wildman–Crippen LogP) is 0.0964. The van der Waals surface area contributed by atoms with Crippen molar-refractivity contribution in [3.63, 3.8) is 0 Å². The zero-order valence-corrected chi connectivity index (χ0v) is 5.55. The molecule has 0 aliphatic carbocycles. The van der Waals surface area contributed by atoms with Gasteiger partial charge in [-0.25, -0.2) is 4.79 Å². The largest absolute Gasteiger partial charge is 0.467 e. The third kappa shape index (κ3) is 2.28. The lowest BCUT2D eigenvalue weighted by molar-refractivity contribution is -0.148. The Kier molecular flexibility index (Phi) is 2.95. The third-order valence-corrected chi connectivity index (χ3v) is 0.891. The number of rotatable bonds is 2. The smallest absolute Gasteiger partial charge is 0.338 e. The van der Waals surface area contributed by atoms with E-state index in [0.29, 0.717) is 5.57 Å². The van der Waals surface area contributed by atoms with E-state index in [0.717, 1.165) is 0 Å². The van der Waals surface area contributed by atoms with Gasteiger partial charge in [-0.05, 0) is 12.5 Å². The van der Waals surface area contributed by atoms with E-state index in [9.17, 15) is 4.79 Å². The lowest BCUT2D eigenvalue weighted by Gasteiger charge is -2.05. The number of esters is 1. The first-order chi connectivity index (χ1) is 4.09. The number of aliphatic hydroxyl groups excluding tert-OH is 1. The zero-order valence-electron chi connectivity index (χ0n) is 5.55. The number of carbonyl (C=O) groups is 1. The number of methoxy groups -OCH3 is 1. The maximum Gasteiger partial charge on any atom is 0.338 e. The van der Waals surface area contributed by atoms with Crippen LogP contribution in [0.1, 0.15) is 6.92 Å². The van der Waals surface area contributed by atoms with Gasteiger partial charge in [0.1, 0.15) is 0 Å². The van der Waals surface area contributed by atoms with Crippen LogP contribution in [0.25, 0.3) is 0 Å². The second kappa shape index (κ2) is 3.25. The van der Waals surface area contributed by atoms with Gasteiger partial charge in [-0.3, -0.25) is 0 Å². The third-order valence-electron chi connectivity index (χ3n) is 0.891. The van der Waals surface area contributed by atoms with Crippen molar-refractivity contribution in [2.75, 3.05) is 7.11 Å². The minimum absolute atomic E-state index is 0.391. The zero-order chi connectivity index (χ0) is 7.44. The molecule has 52 valence electrons. The molecule has 3 heteroatoms. The highest BCUT2D eigenvalue weighted by Crippen LogP contribution is 1.97. The van der Waals surface area contributed by atoms with E-state index in [-0.39, 0.29) is 0 Å². The molecule has 0 aliphatic rings. The predicted molar refractivity (Wildman–Crippen MR) is 32.8 cm³/mol. The van der Waals surface area contributed by atoms with E-state index in [1.807, 2.05) is 0 Å². The van der Waals surface area contributed by atoms with Crippen LogP contribution in [0, 0.1) is 0 Å². The summed E-state index contributed by atoms with van der Waals surface area (Å²) in [5.41, 5.74) is 0.391. The molecule has 0 saturated carbocycles. The molecule has 0 aromatic rings. The van der Waals surface area contributed by atoms with Gasteiger partial charge in [0.2, 0.25) is 0 Å².